The molecule has 0 bridgehead atoms. The van der Waals surface area contributed by atoms with E-state index in [1.165, 1.54) is 0 Å². The summed E-state index contributed by atoms with van der Waals surface area (Å²) < 4.78 is 5.51. The van der Waals surface area contributed by atoms with Gasteiger partial charge in [-0.25, -0.2) is 0 Å². The van der Waals surface area contributed by atoms with Gasteiger partial charge >= 0.3 is 0 Å². The maximum Gasteiger partial charge on any atom is 0.0513 e. The van der Waals surface area contributed by atoms with Crippen LogP contribution in [0.1, 0.15) is 34.1 Å². The van der Waals surface area contributed by atoms with Gasteiger partial charge in [0.05, 0.1) is 6.61 Å². The Hall–Kier alpha value is -0.120. The molecule has 0 saturated carbocycles. The Morgan fingerprint density at radius 3 is 2.44 bits per heavy atom. The van der Waals surface area contributed by atoms with Crippen LogP contribution < -0.4 is 5.73 Å². The lowest BCUT2D eigenvalue weighted by Crippen LogP contribution is -2.59. The third-order valence-electron chi connectivity index (χ3n) is 4.60. The molecule has 0 spiro atoms. The van der Waals surface area contributed by atoms with E-state index >= 15 is 0 Å². The van der Waals surface area contributed by atoms with Crippen LogP contribution in [-0.4, -0.2) is 43.3 Å². The van der Waals surface area contributed by atoms with Gasteiger partial charge in [-0.05, 0) is 33.2 Å². The van der Waals surface area contributed by atoms with Crippen molar-refractivity contribution < 1.29 is 4.74 Å². The maximum atomic E-state index is 6.03. The highest BCUT2D eigenvalue weighted by molar-refractivity contribution is 4.96. The van der Waals surface area contributed by atoms with Crippen LogP contribution in [0.25, 0.3) is 0 Å². The first-order valence-corrected chi connectivity index (χ1v) is 6.44. The van der Waals surface area contributed by atoms with E-state index in [0.717, 1.165) is 19.6 Å². The van der Waals surface area contributed by atoms with Crippen molar-refractivity contribution in [1.29, 1.82) is 0 Å². The Morgan fingerprint density at radius 1 is 1.44 bits per heavy atom. The van der Waals surface area contributed by atoms with Gasteiger partial charge in [-0.1, -0.05) is 13.8 Å². The highest BCUT2D eigenvalue weighted by Crippen LogP contribution is 2.32. The lowest BCUT2D eigenvalue weighted by Gasteiger charge is -2.46. The molecule has 0 aromatic heterocycles. The minimum atomic E-state index is 0.0696. The van der Waals surface area contributed by atoms with Gasteiger partial charge in [0.2, 0.25) is 0 Å². The summed E-state index contributed by atoms with van der Waals surface area (Å²) in [5, 5.41) is 0. The lowest BCUT2D eigenvalue weighted by molar-refractivity contribution is 0.0239. The lowest BCUT2D eigenvalue weighted by atomic mass is 9.82. The van der Waals surface area contributed by atoms with Crippen LogP contribution in [0.5, 0.6) is 0 Å². The SMILES string of the molecule is CC(C)C(C)N(C)C(C)(CN)C1CCOC1. The molecule has 1 aliphatic heterocycles. The standard InChI is InChI=1S/C13H28N2O/c1-10(2)11(3)15(5)13(4,9-14)12-6-7-16-8-12/h10-12H,6-9,14H2,1-5H3. The van der Waals surface area contributed by atoms with Crippen LogP contribution in [0, 0.1) is 11.8 Å². The third-order valence-corrected chi connectivity index (χ3v) is 4.60. The molecule has 0 aliphatic carbocycles. The molecule has 0 aromatic rings. The summed E-state index contributed by atoms with van der Waals surface area (Å²) in [5.41, 5.74) is 6.10. The topological polar surface area (TPSA) is 38.5 Å². The van der Waals surface area contributed by atoms with Gasteiger partial charge in [0, 0.05) is 30.7 Å². The Morgan fingerprint density at radius 2 is 2.06 bits per heavy atom. The molecule has 0 amide bonds. The van der Waals surface area contributed by atoms with E-state index in [1.807, 2.05) is 0 Å². The number of ether oxygens (including phenoxy) is 1. The van der Waals surface area contributed by atoms with Crippen molar-refractivity contribution in [2.24, 2.45) is 17.6 Å². The van der Waals surface area contributed by atoms with Gasteiger partial charge in [-0.2, -0.15) is 0 Å². The number of hydrogen-bond donors (Lipinski definition) is 1. The van der Waals surface area contributed by atoms with Crippen LogP contribution in [-0.2, 0) is 4.74 Å². The average molecular weight is 228 g/mol. The molecular weight excluding hydrogens is 200 g/mol. The summed E-state index contributed by atoms with van der Waals surface area (Å²) in [4.78, 5) is 2.46. The van der Waals surface area contributed by atoms with E-state index < -0.39 is 0 Å². The first-order valence-electron chi connectivity index (χ1n) is 6.44. The van der Waals surface area contributed by atoms with Crippen LogP contribution in [0.2, 0.25) is 0 Å². The van der Waals surface area contributed by atoms with Crippen LogP contribution >= 0.6 is 0 Å². The Labute approximate surface area is 100 Å². The summed E-state index contributed by atoms with van der Waals surface area (Å²) in [6.07, 6.45) is 1.14. The fourth-order valence-electron chi connectivity index (χ4n) is 2.54. The Kier molecular flexibility index (Phi) is 4.77. The summed E-state index contributed by atoms with van der Waals surface area (Å²) in [6.45, 7) is 11.6. The molecule has 1 aliphatic rings. The fraction of sp³-hybridized carbons (Fsp3) is 1.00. The zero-order valence-corrected chi connectivity index (χ0v) is 11.5. The second-order valence-electron chi connectivity index (χ2n) is 5.72. The maximum absolute atomic E-state index is 6.03. The molecule has 1 saturated heterocycles. The molecule has 3 heteroatoms. The van der Waals surface area contributed by atoms with E-state index in [2.05, 4.69) is 39.6 Å². The number of rotatable bonds is 5. The number of likely N-dealkylation sites (N-methyl/N-ethyl adjacent to an activating group) is 1. The molecule has 3 unspecified atom stereocenters. The van der Waals surface area contributed by atoms with E-state index in [1.54, 1.807) is 0 Å². The molecule has 3 nitrogen and oxygen atoms in total. The first-order chi connectivity index (χ1) is 7.43. The zero-order valence-electron chi connectivity index (χ0n) is 11.5. The number of nitrogens with two attached hydrogens (primary N) is 1. The van der Waals surface area contributed by atoms with E-state index in [4.69, 9.17) is 10.5 Å². The van der Waals surface area contributed by atoms with Gasteiger partial charge < -0.3 is 10.5 Å². The minimum Gasteiger partial charge on any atom is -0.381 e. The Bertz CT molecular complexity index is 214. The summed E-state index contributed by atoms with van der Waals surface area (Å²) in [5.74, 6) is 1.22. The van der Waals surface area contributed by atoms with Gasteiger partial charge in [0.1, 0.15) is 0 Å². The average Bonchev–Trinajstić information content (AvgIpc) is 2.79. The molecule has 0 aromatic carbocycles. The molecule has 1 heterocycles. The third kappa shape index (κ3) is 2.58. The van der Waals surface area contributed by atoms with Crippen molar-refractivity contribution in [1.82, 2.24) is 4.90 Å². The van der Waals surface area contributed by atoms with E-state index in [0.29, 0.717) is 24.4 Å². The molecule has 1 fully saturated rings. The largest absolute Gasteiger partial charge is 0.381 e. The van der Waals surface area contributed by atoms with Gasteiger partial charge in [0.25, 0.3) is 0 Å². The molecule has 96 valence electrons. The van der Waals surface area contributed by atoms with Gasteiger partial charge in [-0.15, -0.1) is 0 Å². The van der Waals surface area contributed by atoms with Crippen molar-refractivity contribution in [2.75, 3.05) is 26.8 Å². The van der Waals surface area contributed by atoms with Crippen molar-refractivity contribution in [2.45, 2.75) is 45.7 Å². The molecular formula is C13H28N2O. The number of hydrogen-bond acceptors (Lipinski definition) is 3. The van der Waals surface area contributed by atoms with Crippen molar-refractivity contribution in [3.05, 3.63) is 0 Å². The second kappa shape index (κ2) is 5.48. The molecule has 0 radical (unpaired) electrons. The molecule has 3 atom stereocenters. The van der Waals surface area contributed by atoms with Crippen LogP contribution in [0.4, 0.5) is 0 Å². The highest BCUT2D eigenvalue weighted by atomic mass is 16.5. The summed E-state index contributed by atoms with van der Waals surface area (Å²) in [7, 11) is 2.20. The fourth-order valence-corrected chi connectivity index (χ4v) is 2.54. The van der Waals surface area contributed by atoms with E-state index in [-0.39, 0.29) is 5.54 Å². The predicted octanol–water partition coefficient (Wildman–Crippen LogP) is 1.72. The molecule has 2 N–H and O–H groups in total. The zero-order chi connectivity index (χ0) is 12.3. The van der Waals surface area contributed by atoms with Crippen LogP contribution in [0.3, 0.4) is 0 Å². The first kappa shape index (κ1) is 13.9. The Balaban J connectivity index is 2.77. The smallest absolute Gasteiger partial charge is 0.0513 e. The molecule has 1 rings (SSSR count). The minimum absolute atomic E-state index is 0.0696. The number of nitrogens with zero attached hydrogens (tertiary/aromatic N) is 1. The quantitative estimate of drug-likeness (QED) is 0.778. The van der Waals surface area contributed by atoms with E-state index in [9.17, 15) is 0 Å². The van der Waals surface area contributed by atoms with Crippen molar-refractivity contribution in [3.8, 4) is 0 Å². The van der Waals surface area contributed by atoms with Crippen LogP contribution in [0.15, 0.2) is 0 Å². The van der Waals surface area contributed by atoms with Gasteiger partial charge in [0.15, 0.2) is 0 Å². The molecule has 16 heavy (non-hydrogen) atoms. The van der Waals surface area contributed by atoms with Gasteiger partial charge in [-0.3, -0.25) is 4.90 Å². The second-order valence-corrected chi connectivity index (χ2v) is 5.72. The normalized spacial score (nSPS) is 27.4. The predicted molar refractivity (Wildman–Crippen MR) is 68.4 cm³/mol. The summed E-state index contributed by atoms with van der Waals surface area (Å²) in [6, 6.07) is 0.550. The highest BCUT2D eigenvalue weighted by Gasteiger charge is 2.40. The van der Waals surface area contributed by atoms with Crippen molar-refractivity contribution in [3.63, 3.8) is 0 Å². The van der Waals surface area contributed by atoms with Crippen molar-refractivity contribution >= 4 is 0 Å². The summed E-state index contributed by atoms with van der Waals surface area (Å²) >= 11 is 0. The monoisotopic (exact) mass is 228 g/mol.